The van der Waals surface area contributed by atoms with Crippen LogP contribution in [0.3, 0.4) is 0 Å². The van der Waals surface area contributed by atoms with Crippen LogP contribution in [0.5, 0.6) is 0 Å². The van der Waals surface area contributed by atoms with E-state index in [2.05, 4.69) is 32.9 Å². The van der Waals surface area contributed by atoms with Crippen molar-refractivity contribution in [3.05, 3.63) is 74.6 Å². The summed E-state index contributed by atoms with van der Waals surface area (Å²) < 4.78 is 44.4. The van der Waals surface area contributed by atoms with E-state index in [1.54, 1.807) is 19.1 Å². The molecule has 10 heteroatoms. The van der Waals surface area contributed by atoms with Crippen LogP contribution in [0.15, 0.2) is 74.6 Å². The molecule has 3 aliphatic rings. The predicted octanol–water partition coefficient (Wildman–Crippen LogP) is 6.14. The normalized spacial score (nSPS) is 27.0. The van der Waals surface area contributed by atoms with Crippen LogP contribution in [0.25, 0.3) is 0 Å². The van der Waals surface area contributed by atoms with Crippen LogP contribution in [0.1, 0.15) is 70.0 Å². The summed E-state index contributed by atoms with van der Waals surface area (Å²) in [6.45, 7) is 9.62. The number of carbonyl (C=O) groups excluding carboxylic acids is 1. The minimum Gasteiger partial charge on any atom is -0.477 e. The Balaban J connectivity index is 1.64. The van der Waals surface area contributed by atoms with Gasteiger partial charge in [-0.2, -0.15) is 8.42 Å². The second-order valence-electron chi connectivity index (χ2n) is 10.9. The van der Waals surface area contributed by atoms with Crippen molar-refractivity contribution in [3.63, 3.8) is 0 Å². The van der Waals surface area contributed by atoms with Gasteiger partial charge in [0.15, 0.2) is 5.78 Å². The summed E-state index contributed by atoms with van der Waals surface area (Å²) >= 11 is 0.811. The lowest BCUT2D eigenvalue weighted by Crippen LogP contribution is -2.49. The third kappa shape index (κ3) is 6.98. The number of ether oxygens (including phenoxy) is 2. The first-order valence-electron chi connectivity index (χ1n) is 13.3. The number of allylic oxidation sites excluding steroid dienone is 4. The van der Waals surface area contributed by atoms with Crippen molar-refractivity contribution in [1.29, 1.82) is 0 Å². The molecule has 2 aliphatic heterocycles. The summed E-state index contributed by atoms with van der Waals surface area (Å²) in [6.07, 6.45) is 11.6. The largest absolute Gasteiger partial charge is 0.477 e. The summed E-state index contributed by atoms with van der Waals surface area (Å²) in [4.78, 5) is 23.4. The highest BCUT2D eigenvalue weighted by molar-refractivity contribution is 7.87. The minimum absolute atomic E-state index is 0.0513. The van der Waals surface area contributed by atoms with Gasteiger partial charge in [-0.15, -0.1) is 11.3 Å². The molecule has 0 fully saturated rings. The maximum absolute atomic E-state index is 13.0. The molecule has 1 spiro atoms. The smallest absolute Gasteiger partial charge is 0.347 e. The van der Waals surface area contributed by atoms with Crippen LogP contribution in [-0.4, -0.2) is 49.9 Å². The van der Waals surface area contributed by atoms with Crippen molar-refractivity contribution >= 4 is 33.2 Å². The van der Waals surface area contributed by atoms with Crippen molar-refractivity contribution < 1.29 is 36.8 Å². The van der Waals surface area contributed by atoms with Gasteiger partial charge in [-0.1, -0.05) is 28.9 Å². The quantitative estimate of drug-likeness (QED) is 0.270. The number of carboxylic acids is 1. The Morgan fingerprint density at radius 2 is 1.95 bits per heavy atom. The number of Topliss-reactive ketones (excluding diaryl/α,β-unsaturated/α-hetero) is 1. The van der Waals surface area contributed by atoms with Gasteiger partial charge < -0.3 is 14.6 Å². The van der Waals surface area contributed by atoms with Gasteiger partial charge >= 0.3 is 5.97 Å². The monoisotopic (exact) mass is 588 g/mol. The van der Waals surface area contributed by atoms with E-state index in [0.717, 1.165) is 29.8 Å². The molecule has 3 heterocycles. The Bertz CT molecular complexity index is 1440. The van der Waals surface area contributed by atoms with Crippen LogP contribution >= 0.6 is 11.3 Å². The van der Waals surface area contributed by atoms with E-state index in [-0.39, 0.29) is 29.8 Å². The molecule has 40 heavy (non-hydrogen) atoms. The average molecular weight is 589 g/mol. The van der Waals surface area contributed by atoms with Crippen molar-refractivity contribution in [2.24, 2.45) is 5.92 Å². The maximum Gasteiger partial charge on any atom is 0.347 e. The number of thiophene rings is 1. The second-order valence-corrected chi connectivity index (χ2v) is 13.4. The third-order valence-electron chi connectivity index (χ3n) is 7.18. The van der Waals surface area contributed by atoms with Crippen molar-refractivity contribution in [2.45, 2.75) is 83.2 Å². The number of hydrogen-bond acceptors (Lipinski definition) is 8. The topological polar surface area (TPSA) is 116 Å². The highest BCUT2D eigenvalue weighted by Gasteiger charge is 2.46. The lowest BCUT2D eigenvalue weighted by atomic mass is 9.79. The zero-order valence-electron chi connectivity index (χ0n) is 23.4. The molecule has 0 saturated heterocycles. The van der Waals surface area contributed by atoms with Crippen LogP contribution < -0.4 is 0 Å². The van der Waals surface area contributed by atoms with Crippen LogP contribution in [-0.2, 0) is 28.6 Å². The first-order valence-corrected chi connectivity index (χ1v) is 15.6. The standard InChI is InChI=1S/C30H36O8S2/c1-18(2)7-6-8-19(3)11-23-12-20(4)15-30(37-23)16-22(24-14-25(31)21(5)13-26(24)38-30)17-36-40(34,35)27-9-10-39-28(27)29(32)33/h7,9-11,13,15-16,23-24,26H,6,8,12,14,17H2,1-5H3,(H,32,33)/t23-,24-,26-,30+/m1/s1. The van der Waals surface area contributed by atoms with Crippen molar-refractivity contribution in [2.75, 3.05) is 6.61 Å². The molecule has 0 bridgehead atoms. The number of carboxylic acid groups (broad SMARTS) is 1. The molecule has 0 radical (unpaired) electrons. The SMILES string of the molecule is CC(C)=CCCC(C)=C[C@@H]1CC(C)=C[C@]2(C=C(COS(=O)(=O)c3ccsc3C(=O)O)[C@H]3CC(=O)C(C)=C[C@H]3O2)O1. The number of aromatic carboxylic acids is 1. The number of fused-ring (bicyclic) bond motifs is 1. The molecule has 4 atom stereocenters. The summed E-state index contributed by atoms with van der Waals surface area (Å²) in [7, 11) is -4.37. The van der Waals surface area contributed by atoms with Crippen molar-refractivity contribution in [1.82, 2.24) is 0 Å². The molecule has 0 unspecified atom stereocenters. The highest BCUT2D eigenvalue weighted by atomic mass is 32.2. The Morgan fingerprint density at radius 3 is 2.65 bits per heavy atom. The molecule has 0 saturated carbocycles. The maximum atomic E-state index is 13.0. The Labute approximate surface area is 239 Å². The van der Waals surface area contributed by atoms with Gasteiger partial charge in [0, 0.05) is 12.3 Å². The molecule has 8 nitrogen and oxygen atoms in total. The molecule has 1 aromatic heterocycles. The molecule has 4 rings (SSSR count). The molecule has 1 aliphatic carbocycles. The number of hydrogen-bond donors (Lipinski definition) is 1. The van der Waals surface area contributed by atoms with E-state index in [9.17, 15) is 23.1 Å². The molecule has 1 aromatic rings. The first kappa shape index (κ1) is 30.3. The van der Waals surface area contributed by atoms with Gasteiger partial charge in [0.05, 0.1) is 18.8 Å². The Morgan fingerprint density at radius 1 is 1.20 bits per heavy atom. The van der Waals surface area contributed by atoms with E-state index in [1.807, 2.05) is 13.0 Å². The third-order valence-corrected chi connectivity index (χ3v) is 9.52. The fourth-order valence-corrected chi connectivity index (χ4v) is 7.39. The lowest BCUT2D eigenvalue weighted by Gasteiger charge is -2.45. The molecule has 216 valence electrons. The number of rotatable bonds is 9. The van der Waals surface area contributed by atoms with E-state index in [1.165, 1.54) is 22.6 Å². The van der Waals surface area contributed by atoms with Gasteiger partial charge in [0.2, 0.25) is 5.79 Å². The summed E-state index contributed by atoms with van der Waals surface area (Å²) in [5.41, 5.74) is 4.67. The summed E-state index contributed by atoms with van der Waals surface area (Å²) in [6, 6.07) is 1.22. The second kappa shape index (κ2) is 12.1. The van der Waals surface area contributed by atoms with Gasteiger partial charge in [0.25, 0.3) is 10.1 Å². The Hall–Kier alpha value is -2.63. The number of ketones is 1. The highest BCUT2D eigenvalue weighted by Crippen LogP contribution is 2.43. The van der Waals surface area contributed by atoms with Crippen LogP contribution in [0.4, 0.5) is 0 Å². The van der Waals surface area contributed by atoms with E-state index < -0.39 is 38.8 Å². The molecular formula is C30H36O8S2. The van der Waals surface area contributed by atoms with Crippen LogP contribution in [0.2, 0.25) is 0 Å². The molecule has 0 amide bonds. The van der Waals surface area contributed by atoms with Crippen molar-refractivity contribution in [3.8, 4) is 0 Å². The number of carbonyl (C=O) groups is 2. The zero-order chi connectivity index (χ0) is 29.2. The Kier molecular flexibility index (Phi) is 9.16. The van der Waals surface area contributed by atoms with Gasteiger partial charge in [-0.3, -0.25) is 8.98 Å². The fraction of sp³-hybridized carbons (Fsp3) is 0.467. The van der Waals surface area contributed by atoms with E-state index in [0.29, 0.717) is 17.6 Å². The first-order chi connectivity index (χ1) is 18.8. The fourth-order valence-electron chi connectivity index (χ4n) is 5.26. The molecule has 1 N–H and O–H groups in total. The minimum atomic E-state index is -4.37. The zero-order valence-corrected chi connectivity index (χ0v) is 25.1. The van der Waals surface area contributed by atoms with Gasteiger partial charge in [0.1, 0.15) is 9.77 Å². The lowest BCUT2D eigenvalue weighted by molar-refractivity contribution is -0.224. The molecule has 0 aromatic carbocycles. The van der Waals surface area contributed by atoms with Gasteiger partial charge in [-0.05, 0) is 94.7 Å². The van der Waals surface area contributed by atoms with E-state index in [4.69, 9.17) is 13.7 Å². The van der Waals surface area contributed by atoms with Gasteiger partial charge in [-0.25, -0.2) is 4.79 Å². The predicted molar refractivity (Wildman–Crippen MR) is 153 cm³/mol. The summed E-state index contributed by atoms with van der Waals surface area (Å²) in [5.74, 6) is -3.09. The molecular weight excluding hydrogens is 552 g/mol. The van der Waals surface area contributed by atoms with E-state index >= 15 is 0 Å². The summed E-state index contributed by atoms with van der Waals surface area (Å²) in [5, 5.41) is 10.8. The van der Waals surface area contributed by atoms with Crippen LogP contribution in [0, 0.1) is 5.92 Å². The average Bonchev–Trinajstić information content (AvgIpc) is 3.35.